The zero-order valence-corrected chi connectivity index (χ0v) is 20.7. The number of carbonyl (C=O) groups excluding carboxylic acids is 1. The van der Waals surface area contributed by atoms with Gasteiger partial charge in [0.1, 0.15) is 0 Å². The lowest BCUT2D eigenvalue weighted by molar-refractivity contribution is -0.116. The predicted molar refractivity (Wildman–Crippen MR) is 133 cm³/mol. The Balaban J connectivity index is 1.28. The van der Waals surface area contributed by atoms with E-state index in [1.807, 2.05) is 19.1 Å². The number of nitrogens with one attached hydrogen (secondary N) is 1. The molecule has 0 radical (unpaired) electrons. The Kier molecular flexibility index (Phi) is 6.36. The summed E-state index contributed by atoms with van der Waals surface area (Å²) in [5.41, 5.74) is 4.60. The Morgan fingerprint density at radius 3 is 2.88 bits per heavy atom. The standard InChI is InChI=1S/C27H33ClN4O2/c1-16-6-11-24(31-30-16)29-25(33)5-3-4-18-15-23(32-34)27(2)13-12-21-20-10-8-19(28)14-17(20)7-9-22(21)26(18)27/h6,8,10-11,14,18,21-22,26,34H,3-5,7,9,12-13,15H2,1-2H3,(H,29,31,33)/b32-23+/t18-,21?,22?,26?,27-/m1/s1. The number of nitrogens with zero attached hydrogens (tertiary/aromatic N) is 3. The van der Waals surface area contributed by atoms with Gasteiger partial charge in [0.05, 0.1) is 11.4 Å². The number of amides is 1. The third-order valence-electron chi connectivity index (χ3n) is 8.73. The second-order valence-electron chi connectivity index (χ2n) is 10.6. The lowest BCUT2D eigenvalue weighted by Crippen LogP contribution is -2.44. The summed E-state index contributed by atoms with van der Waals surface area (Å²) in [6.45, 7) is 4.18. The molecule has 0 saturated heterocycles. The summed E-state index contributed by atoms with van der Waals surface area (Å²) in [5, 5.41) is 25.4. The van der Waals surface area contributed by atoms with Crippen LogP contribution in [-0.2, 0) is 11.2 Å². The Hall–Kier alpha value is -2.47. The minimum absolute atomic E-state index is 0.0278. The van der Waals surface area contributed by atoms with Gasteiger partial charge in [0, 0.05) is 16.9 Å². The quantitative estimate of drug-likeness (QED) is 0.396. The maximum atomic E-state index is 12.5. The van der Waals surface area contributed by atoms with Crippen LogP contribution in [0.3, 0.4) is 0 Å². The summed E-state index contributed by atoms with van der Waals surface area (Å²) in [4.78, 5) is 12.5. The van der Waals surface area contributed by atoms with Gasteiger partial charge in [-0.05, 0) is 111 Å². The second kappa shape index (κ2) is 9.29. The number of hydrogen-bond acceptors (Lipinski definition) is 5. The molecule has 2 aromatic rings. The number of carbonyl (C=O) groups is 1. The van der Waals surface area contributed by atoms with Crippen molar-refractivity contribution >= 4 is 29.0 Å². The van der Waals surface area contributed by atoms with Crippen molar-refractivity contribution in [3.63, 3.8) is 0 Å². The third kappa shape index (κ3) is 4.21. The van der Waals surface area contributed by atoms with Gasteiger partial charge < -0.3 is 10.5 Å². The highest BCUT2D eigenvalue weighted by atomic mass is 35.5. The zero-order valence-electron chi connectivity index (χ0n) is 19.9. The summed E-state index contributed by atoms with van der Waals surface area (Å²) in [5.74, 6) is 2.50. The molecule has 34 heavy (non-hydrogen) atoms. The highest BCUT2D eigenvalue weighted by Gasteiger charge is 2.57. The Labute approximate surface area is 206 Å². The number of fused-ring (bicyclic) bond motifs is 5. The van der Waals surface area contributed by atoms with Crippen LogP contribution in [0.4, 0.5) is 5.82 Å². The molecule has 1 amide bonds. The fourth-order valence-corrected chi connectivity index (χ4v) is 7.44. The number of oxime groups is 1. The number of halogens is 1. The topological polar surface area (TPSA) is 87.5 Å². The number of anilines is 1. The Morgan fingerprint density at radius 1 is 1.26 bits per heavy atom. The molecule has 6 nitrogen and oxygen atoms in total. The molecule has 2 saturated carbocycles. The van der Waals surface area contributed by atoms with Gasteiger partial charge in [-0.25, -0.2) is 0 Å². The zero-order chi connectivity index (χ0) is 23.9. The summed E-state index contributed by atoms with van der Waals surface area (Å²) in [6.07, 6.45) is 7.44. The highest BCUT2D eigenvalue weighted by molar-refractivity contribution is 6.30. The lowest BCUT2D eigenvalue weighted by atomic mass is 9.54. The van der Waals surface area contributed by atoms with E-state index in [1.165, 1.54) is 11.1 Å². The molecule has 1 heterocycles. The molecule has 3 aliphatic rings. The molecule has 0 aliphatic heterocycles. The lowest BCUT2D eigenvalue weighted by Gasteiger charge is -2.50. The first kappa shape index (κ1) is 23.3. The normalized spacial score (nSPS) is 31.0. The van der Waals surface area contributed by atoms with Crippen LogP contribution >= 0.6 is 11.6 Å². The van der Waals surface area contributed by atoms with Gasteiger partial charge >= 0.3 is 0 Å². The summed E-state index contributed by atoms with van der Waals surface area (Å²) in [7, 11) is 0. The summed E-state index contributed by atoms with van der Waals surface area (Å²) < 4.78 is 0. The fraction of sp³-hybridized carbons (Fsp3) is 0.556. The maximum Gasteiger partial charge on any atom is 0.225 e. The second-order valence-corrected chi connectivity index (χ2v) is 11.1. The molecule has 180 valence electrons. The molecule has 2 N–H and O–H groups in total. The molecule has 1 aromatic heterocycles. The van der Waals surface area contributed by atoms with E-state index in [1.54, 1.807) is 6.07 Å². The van der Waals surface area contributed by atoms with Crippen LogP contribution in [0.25, 0.3) is 0 Å². The molecule has 3 unspecified atom stereocenters. The van der Waals surface area contributed by atoms with Crippen LogP contribution in [0.15, 0.2) is 35.5 Å². The molecule has 0 spiro atoms. The number of aryl methyl sites for hydroxylation is 2. The van der Waals surface area contributed by atoms with Gasteiger partial charge in [-0.15, -0.1) is 5.10 Å². The van der Waals surface area contributed by atoms with E-state index in [9.17, 15) is 10.0 Å². The van der Waals surface area contributed by atoms with Gasteiger partial charge in [0.15, 0.2) is 5.82 Å². The van der Waals surface area contributed by atoms with E-state index in [0.717, 1.165) is 61.4 Å². The van der Waals surface area contributed by atoms with Crippen molar-refractivity contribution < 1.29 is 10.0 Å². The molecule has 5 atom stereocenters. The monoisotopic (exact) mass is 480 g/mol. The van der Waals surface area contributed by atoms with Crippen molar-refractivity contribution in [2.45, 2.75) is 71.1 Å². The molecular formula is C27H33ClN4O2. The van der Waals surface area contributed by atoms with E-state index < -0.39 is 0 Å². The number of benzene rings is 1. The summed E-state index contributed by atoms with van der Waals surface area (Å²) >= 11 is 6.28. The van der Waals surface area contributed by atoms with Crippen LogP contribution in [0.5, 0.6) is 0 Å². The van der Waals surface area contributed by atoms with Gasteiger partial charge in [0.25, 0.3) is 0 Å². The van der Waals surface area contributed by atoms with E-state index in [0.29, 0.717) is 35.9 Å². The maximum absolute atomic E-state index is 12.5. The first-order valence-corrected chi connectivity index (χ1v) is 12.9. The van der Waals surface area contributed by atoms with Crippen LogP contribution in [0.1, 0.15) is 74.6 Å². The van der Waals surface area contributed by atoms with Gasteiger partial charge in [-0.3, -0.25) is 4.79 Å². The number of hydrogen-bond donors (Lipinski definition) is 2. The SMILES string of the molecule is Cc1ccc(NC(=O)CCC[C@@H]2C/C(=N\O)[C@@]3(C)CCC4c5ccc(Cl)cc5CCC4C23)nn1. The Morgan fingerprint density at radius 2 is 2.12 bits per heavy atom. The van der Waals surface area contributed by atoms with Crippen molar-refractivity contribution in [1.29, 1.82) is 0 Å². The van der Waals surface area contributed by atoms with Gasteiger partial charge in [0.2, 0.25) is 5.91 Å². The van der Waals surface area contributed by atoms with Crippen LogP contribution in [0.2, 0.25) is 5.02 Å². The van der Waals surface area contributed by atoms with Crippen molar-refractivity contribution in [1.82, 2.24) is 10.2 Å². The van der Waals surface area contributed by atoms with Crippen LogP contribution < -0.4 is 5.32 Å². The molecule has 5 rings (SSSR count). The molecular weight excluding hydrogens is 448 g/mol. The van der Waals surface area contributed by atoms with Crippen molar-refractivity contribution in [2.75, 3.05) is 5.32 Å². The van der Waals surface area contributed by atoms with Crippen LogP contribution in [-0.4, -0.2) is 27.0 Å². The van der Waals surface area contributed by atoms with Crippen molar-refractivity contribution in [2.24, 2.45) is 28.3 Å². The fourth-order valence-electron chi connectivity index (χ4n) is 7.25. The summed E-state index contributed by atoms with van der Waals surface area (Å²) in [6, 6.07) is 10.0. The van der Waals surface area contributed by atoms with Gasteiger partial charge in [-0.1, -0.05) is 29.7 Å². The average Bonchev–Trinajstić information content (AvgIpc) is 3.11. The minimum atomic E-state index is -0.0513. The third-order valence-corrected chi connectivity index (χ3v) is 8.96. The number of aromatic nitrogens is 2. The first-order chi connectivity index (χ1) is 16.4. The average molecular weight is 481 g/mol. The van der Waals surface area contributed by atoms with E-state index >= 15 is 0 Å². The first-order valence-electron chi connectivity index (χ1n) is 12.5. The predicted octanol–water partition coefficient (Wildman–Crippen LogP) is 6.16. The van der Waals surface area contributed by atoms with Gasteiger partial charge in [-0.2, -0.15) is 5.10 Å². The van der Waals surface area contributed by atoms with Crippen LogP contribution in [0, 0.1) is 30.1 Å². The van der Waals surface area contributed by atoms with Crippen molar-refractivity contribution in [3.05, 3.63) is 52.2 Å². The minimum Gasteiger partial charge on any atom is -0.411 e. The number of rotatable bonds is 5. The largest absolute Gasteiger partial charge is 0.411 e. The van der Waals surface area contributed by atoms with Crippen molar-refractivity contribution in [3.8, 4) is 0 Å². The van der Waals surface area contributed by atoms with E-state index in [4.69, 9.17) is 11.6 Å². The molecule has 7 heteroatoms. The molecule has 1 aromatic carbocycles. The molecule has 0 bridgehead atoms. The highest BCUT2D eigenvalue weighted by Crippen LogP contribution is 2.62. The molecule has 3 aliphatic carbocycles. The Bertz CT molecular complexity index is 1100. The smallest absolute Gasteiger partial charge is 0.225 e. The van der Waals surface area contributed by atoms with E-state index in [2.05, 4.69) is 39.7 Å². The van der Waals surface area contributed by atoms with E-state index in [-0.39, 0.29) is 11.3 Å². The molecule has 2 fully saturated rings.